The fourth-order valence-electron chi connectivity index (χ4n) is 3.75. The van der Waals surface area contributed by atoms with Gasteiger partial charge in [-0.15, -0.1) is 0 Å². The predicted octanol–water partition coefficient (Wildman–Crippen LogP) is 4.66. The van der Waals surface area contributed by atoms with Crippen LogP contribution in [0.4, 0.5) is 11.4 Å². The third kappa shape index (κ3) is 5.09. The van der Waals surface area contributed by atoms with Gasteiger partial charge in [0.1, 0.15) is 12.4 Å². The molecule has 1 aliphatic heterocycles. The lowest BCUT2D eigenvalue weighted by Crippen LogP contribution is -2.24. The average Bonchev–Trinajstić information content (AvgIpc) is 3.28. The standard InChI is InChI=1S/C26H26N2O5/c1-31-22-13-11-20(16-21(22)28-14-6-9-25(28)29)27-26(30)19-10-12-23(24(15-19)32-2)33-17-18-7-4-3-5-8-18/h3-5,7-8,10-13,15-16H,6,9,14,17H2,1-2H3,(H,27,30). The maximum atomic E-state index is 12.9. The molecule has 2 amide bonds. The van der Waals surface area contributed by atoms with E-state index < -0.39 is 0 Å². The molecule has 1 fully saturated rings. The monoisotopic (exact) mass is 446 g/mol. The number of carbonyl (C=O) groups excluding carboxylic acids is 2. The number of anilines is 2. The number of carbonyl (C=O) groups is 2. The Hall–Kier alpha value is -4.00. The van der Waals surface area contributed by atoms with E-state index in [4.69, 9.17) is 14.2 Å². The van der Waals surface area contributed by atoms with Gasteiger partial charge >= 0.3 is 0 Å². The molecule has 0 unspecified atom stereocenters. The minimum atomic E-state index is -0.299. The lowest BCUT2D eigenvalue weighted by Gasteiger charge is -2.20. The normalized spacial score (nSPS) is 13.0. The molecule has 0 aliphatic carbocycles. The van der Waals surface area contributed by atoms with Crippen molar-refractivity contribution in [1.29, 1.82) is 0 Å². The Morgan fingerprint density at radius 3 is 2.39 bits per heavy atom. The van der Waals surface area contributed by atoms with Gasteiger partial charge in [-0.2, -0.15) is 0 Å². The van der Waals surface area contributed by atoms with E-state index in [1.165, 1.54) is 7.11 Å². The zero-order valence-corrected chi connectivity index (χ0v) is 18.7. The van der Waals surface area contributed by atoms with Crippen LogP contribution in [0.3, 0.4) is 0 Å². The van der Waals surface area contributed by atoms with E-state index in [1.54, 1.807) is 48.4 Å². The number of ether oxygens (including phenoxy) is 3. The highest BCUT2D eigenvalue weighted by Crippen LogP contribution is 2.34. The van der Waals surface area contributed by atoms with Crippen molar-refractivity contribution in [2.45, 2.75) is 19.4 Å². The van der Waals surface area contributed by atoms with Gasteiger partial charge in [0.05, 0.1) is 19.9 Å². The maximum absolute atomic E-state index is 12.9. The highest BCUT2D eigenvalue weighted by molar-refractivity contribution is 6.05. The molecular weight excluding hydrogens is 420 g/mol. The van der Waals surface area contributed by atoms with Crippen LogP contribution in [-0.4, -0.2) is 32.6 Å². The second kappa shape index (κ2) is 10.1. The van der Waals surface area contributed by atoms with Crippen LogP contribution in [0.1, 0.15) is 28.8 Å². The van der Waals surface area contributed by atoms with E-state index in [0.717, 1.165) is 12.0 Å². The van der Waals surface area contributed by atoms with Crippen molar-refractivity contribution in [2.75, 3.05) is 31.0 Å². The molecule has 0 spiro atoms. The molecule has 0 bridgehead atoms. The summed E-state index contributed by atoms with van der Waals surface area (Å²) in [6.07, 6.45) is 1.31. The smallest absolute Gasteiger partial charge is 0.255 e. The molecular formula is C26H26N2O5. The van der Waals surface area contributed by atoms with Gasteiger partial charge in [-0.25, -0.2) is 0 Å². The number of rotatable bonds is 8. The molecule has 170 valence electrons. The first-order chi connectivity index (χ1) is 16.1. The van der Waals surface area contributed by atoms with Crippen molar-refractivity contribution < 1.29 is 23.8 Å². The Morgan fingerprint density at radius 1 is 0.939 bits per heavy atom. The van der Waals surface area contributed by atoms with Crippen LogP contribution in [0.15, 0.2) is 66.7 Å². The predicted molar refractivity (Wildman–Crippen MR) is 126 cm³/mol. The number of hydrogen-bond donors (Lipinski definition) is 1. The third-order valence-corrected chi connectivity index (χ3v) is 5.46. The summed E-state index contributed by atoms with van der Waals surface area (Å²) < 4.78 is 16.7. The molecule has 0 radical (unpaired) electrons. The van der Waals surface area contributed by atoms with Crippen LogP contribution in [0.2, 0.25) is 0 Å². The van der Waals surface area contributed by atoms with Gasteiger partial charge in [0.25, 0.3) is 5.91 Å². The quantitative estimate of drug-likeness (QED) is 0.545. The molecule has 0 aromatic heterocycles. The Labute approximate surface area is 192 Å². The molecule has 33 heavy (non-hydrogen) atoms. The van der Waals surface area contributed by atoms with E-state index in [2.05, 4.69) is 5.32 Å². The second-order valence-electron chi connectivity index (χ2n) is 7.63. The Balaban J connectivity index is 1.49. The van der Waals surface area contributed by atoms with Crippen LogP contribution in [-0.2, 0) is 11.4 Å². The Bertz CT molecular complexity index is 1150. The van der Waals surface area contributed by atoms with Crippen LogP contribution in [0, 0.1) is 0 Å². The number of nitrogens with zero attached hydrogens (tertiary/aromatic N) is 1. The Kier molecular flexibility index (Phi) is 6.78. The molecule has 7 nitrogen and oxygen atoms in total. The van der Waals surface area contributed by atoms with E-state index in [-0.39, 0.29) is 11.8 Å². The molecule has 1 N–H and O–H groups in total. The van der Waals surface area contributed by atoms with E-state index >= 15 is 0 Å². The van der Waals surface area contributed by atoms with Gasteiger partial charge in [0.15, 0.2) is 11.5 Å². The third-order valence-electron chi connectivity index (χ3n) is 5.46. The number of benzene rings is 3. The lowest BCUT2D eigenvalue weighted by atomic mass is 10.1. The van der Waals surface area contributed by atoms with Gasteiger partial charge < -0.3 is 24.4 Å². The first-order valence-electron chi connectivity index (χ1n) is 10.7. The lowest BCUT2D eigenvalue weighted by molar-refractivity contribution is -0.117. The molecule has 0 saturated carbocycles. The zero-order chi connectivity index (χ0) is 23.2. The van der Waals surface area contributed by atoms with Gasteiger partial charge in [-0.3, -0.25) is 9.59 Å². The maximum Gasteiger partial charge on any atom is 0.255 e. The fourth-order valence-corrected chi connectivity index (χ4v) is 3.75. The number of nitrogens with one attached hydrogen (secondary N) is 1. The number of methoxy groups -OCH3 is 2. The Morgan fingerprint density at radius 2 is 1.70 bits per heavy atom. The van der Waals surface area contributed by atoms with Crippen molar-refractivity contribution in [3.63, 3.8) is 0 Å². The van der Waals surface area contributed by atoms with Gasteiger partial charge in [-0.05, 0) is 48.4 Å². The molecule has 3 aromatic carbocycles. The molecule has 4 rings (SSSR count). The van der Waals surface area contributed by atoms with Gasteiger partial charge in [0, 0.05) is 24.2 Å². The summed E-state index contributed by atoms with van der Waals surface area (Å²) in [6, 6.07) is 20.1. The minimum absolute atomic E-state index is 0.0487. The van der Waals surface area contributed by atoms with Crippen molar-refractivity contribution in [3.05, 3.63) is 77.9 Å². The van der Waals surface area contributed by atoms with Crippen molar-refractivity contribution in [3.8, 4) is 17.2 Å². The van der Waals surface area contributed by atoms with E-state index in [0.29, 0.717) is 53.8 Å². The van der Waals surface area contributed by atoms with E-state index in [1.807, 2.05) is 30.3 Å². The summed E-state index contributed by atoms with van der Waals surface area (Å²) in [6.45, 7) is 1.03. The highest BCUT2D eigenvalue weighted by atomic mass is 16.5. The van der Waals surface area contributed by atoms with Gasteiger partial charge in [0.2, 0.25) is 5.91 Å². The van der Waals surface area contributed by atoms with Crippen molar-refractivity contribution >= 4 is 23.2 Å². The molecule has 1 saturated heterocycles. The number of amides is 2. The first-order valence-corrected chi connectivity index (χ1v) is 10.7. The van der Waals surface area contributed by atoms with Crippen molar-refractivity contribution in [2.24, 2.45) is 0 Å². The molecule has 1 heterocycles. The molecule has 7 heteroatoms. The van der Waals surface area contributed by atoms with Crippen LogP contribution in [0.5, 0.6) is 17.2 Å². The largest absolute Gasteiger partial charge is 0.495 e. The zero-order valence-electron chi connectivity index (χ0n) is 18.7. The van der Waals surface area contributed by atoms with Crippen LogP contribution >= 0.6 is 0 Å². The summed E-state index contributed by atoms with van der Waals surface area (Å²) in [7, 11) is 3.10. The average molecular weight is 447 g/mol. The topological polar surface area (TPSA) is 77.1 Å². The van der Waals surface area contributed by atoms with Crippen LogP contribution < -0.4 is 24.4 Å². The summed E-state index contributed by atoms with van der Waals surface area (Å²) in [4.78, 5) is 26.8. The first kappa shape index (κ1) is 22.2. The SMILES string of the molecule is COc1cc(C(=O)Nc2ccc(OC)c(N3CCCC3=O)c2)ccc1OCc1ccccc1. The molecule has 0 atom stereocenters. The summed E-state index contributed by atoms with van der Waals surface area (Å²) >= 11 is 0. The fraction of sp³-hybridized carbons (Fsp3) is 0.231. The second-order valence-corrected chi connectivity index (χ2v) is 7.63. The van der Waals surface area contributed by atoms with E-state index in [9.17, 15) is 9.59 Å². The summed E-state index contributed by atoms with van der Waals surface area (Å²) in [5.74, 6) is 1.36. The van der Waals surface area contributed by atoms with Gasteiger partial charge in [-0.1, -0.05) is 30.3 Å². The summed E-state index contributed by atoms with van der Waals surface area (Å²) in [5, 5.41) is 2.89. The minimum Gasteiger partial charge on any atom is -0.495 e. The highest BCUT2D eigenvalue weighted by Gasteiger charge is 2.25. The summed E-state index contributed by atoms with van der Waals surface area (Å²) in [5.41, 5.74) is 2.68. The van der Waals surface area contributed by atoms with Crippen molar-refractivity contribution in [1.82, 2.24) is 0 Å². The molecule has 3 aromatic rings. The van der Waals surface area contributed by atoms with Crippen LogP contribution in [0.25, 0.3) is 0 Å². The number of hydrogen-bond acceptors (Lipinski definition) is 5. The molecule has 1 aliphatic rings.